The highest BCUT2D eigenvalue weighted by Gasteiger charge is 2.30. The lowest BCUT2D eigenvalue weighted by Crippen LogP contribution is -2.43. The Morgan fingerprint density at radius 2 is 2.03 bits per heavy atom. The van der Waals surface area contributed by atoms with Crippen molar-refractivity contribution in [2.24, 2.45) is 0 Å². The Balaban J connectivity index is 1.43. The fourth-order valence-corrected chi connectivity index (χ4v) is 4.13. The molecule has 0 spiro atoms. The molecule has 0 N–H and O–H groups in total. The van der Waals surface area contributed by atoms with Crippen LogP contribution in [0.1, 0.15) is 42.9 Å². The SMILES string of the molecule is COc1ccccc1O[C@@H](C)C(=O)N1CCc2nc([C@H]3CCCN3C)ncc2C1. The molecule has 2 aliphatic rings. The smallest absolute Gasteiger partial charge is 0.263 e. The second-order valence-electron chi connectivity index (χ2n) is 7.76. The summed E-state index contributed by atoms with van der Waals surface area (Å²) in [6.45, 7) is 4.04. The van der Waals surface area contributed by atoms with Crippen LogP contribution in [0.25, 0.3) is 0 Å². The van der Waals surface area contributed by atoms with Crippen LogP contribution in [0.3, 0.4) is 0 Å². The van der Waals surface area contributed by atoms with Crippen LogP contribution in [-0.4, -0.2) is 59.0 Å². The van der Waals surface area contributed by atoms with E-state index >= 15 is 0 Å². The van der Waals surface area contributed by atoms with Gasteiger partial charge in [-0.25, -0.2) is 9.97 Å². The van der Waals surface area contributed by atoms with Gasteiger partial charge in [-0.05, 0) is 45.5 Å². The number of hydrogen-bond donors (Lipinski definition) is 0. The molecule has 0 radical (unpaired) electrons. The first-order valence-corrected chi connectivity index (χ1v) is 10.2. The van der Waals surface area contributed by atoms with Crippen LogP contribution >= 0.6 is 0 Å². The van der Waals surface area contributed by atoms with Crippen LogP contribution in [0.2, 0.25) is 0 Å². The molecule has 154 valence electrons. The number of likely N-dealkylation sites (tertiary alicyclic amines) is 1. The summed E-state index contributed by atoms with van der Waals surface area (Å²) < 4.78 is 11.2. The number of aromatic nitrogens is 2. The zero-order chi connectivity index (χ0) is 20.4. The second kappa shape index (κ2) is 8.37. The molecule has 1 fully saturated rings. The predicted molar refractivity (Wildman–Crippen MR) is 109 cm³/mol. The molecule has 1 aromatic carbocycles. The van der Waals surface area contributed by atoms with Gasteiger partial charge in [-0.2, -0.15) is 0 Å². The van der Waals surface area contributed by atoms with Gasteiger partial charge in [0.25, 0.3) is 5.91 Å². The maximum absolute atomic E-state index is 12.9. The molecule has 1 amide bonds. The fraction of sp³-hybridized carbons (Fsp3) is 0.500. The molecule has 0 bridgehead atoms. The summed E-state index contributed by atoms with van der Waals surface area (Å²) in [5, 5.41) is 0. The predicted octanol–water partition coefficient (Wildman–Crippen LogP) is 2.60. The number of rotatable bonds is 5. The normalized spacial score (nSPS) is 20.2. The first kappa shape index (κ1) is 19.6. The number of hydrogen-bond acceptors (Lipinski definition) is 6. The quantitative estimate of drug-likeness (QED) is 0.774. The van der Waals surface area contributed by atoms with Gasteiger partial charge in [0.05, 0.1) is 18.8 Å². The van der Waals surface area contributed by atoms with Gasteiger partial charge in [0.15, 0.2) is 17.6 Å². The number of methoxy groups -OCH3 is 1. The molecule has 0 aliphatic carbocycles. The van der Waals surface area contributed by atoms with Crippen molar-refractivity contribution < 1.29 is 14.3 Å². The Bertz CT molecular complexity index is 888. The van der Waals surface area contributed by atoms with E-state index in [1.54, 1.807) is 14.0 Å². The molecular weight excluding hydrogens is 368 g/mol. The molecule has 7 nitrogen and oxygen atoms in total. The van der Waals surface area contributed by atoms with Crippen LogP contribution in [0.15, 0.2) is 30.5 Å². The number of ether oxygens (including phenoxy) is 2. The van der Waals surface area contributed by atoms with Gasteiger partial charge in [0.1, 0.15) is 5.82 Å². The molecule has 0 saturated carbocycles. The van der Waals surface area contributed by atoms with Gasteiger partial charge < -0.3 is 14.4 Å². The lowest BCUT2D eigenvalue weighted by atomic mass is 10.1. The summed E-state index contributed by atoms with van der Waals surface area (Å²) in [6.07, 6.45) is 4.34. The van der Waals surface area contributed by atoms with Gasteiger partial charge in [0, 0.05) is 31.3 Å². The molecule has 1 aromatic heterocycles. The van der Waals surface area contributed by atoms with Crippen molar-refractivity contribution in [1.82, 2.24) is 19.8 Å². The van der Waals surface area contributed by atoms with E-state index in [1.165, 1.54) is 6.42 Å². The van der Waals surface area contributed by atoms with Crippen molar-refractivity contribution in [3.8, 4) is 11.5 Å². The van der Waals surface area contributed by atoms with Gasteiger partial charge in [0.2, 0.25) is 0 Å². The average Bonchev–Trinajstić information content (AvgIpc) is 3.18. The molecule has 29 heavy (non-hydrogen) atoms. The number of para-hydroxylation sites is 2. The first-order valence-electron chi connectivity index (χ1n) is 10.2. The van der Waals surface area contributed by atoms with Crippen molar-refractivity contribution >= 4 is 5.91 Å². The van der Waals surface area contributed by atoms with E-state index in [0.717, 1.165) is 36.5 Å². The van der Waals surface area contributed by atoms with Crippen LogP contribution in [0.5, 0.6) is 11.5 Å². The zero-order valence-electron chi connectivity index (χ0n) is 17.3. The number of fused-ring (bicyclic) bond motifs is 1. The average molecular weight is 396 g/mol. The molecule has 3 heterocycles. The largest absolute Gasteiger partial charge is 0.493 e. The van der Waals surface area contributed by atoms with E-state index in [2.05, 4.69) is 16.9 Å². The van der Waals surface area contributed by atoms with Crippen LogP contribution in [0, 0.1) is 0 Å². The number of carbonyl (C=O) groups excluding carboxylic acids is 1. The minimum Gasteiger partial charge on any atom is -0.493 e. The van der Waals surface area contributed by atoms with E-state index in [-0.39, 0.29) is 5.91 Å². The van der Waals surface area contributed by atoms with Crippen molar-refractivity contribution in [2.45, 2.75) is 44.9 Å². The Morgan fingerprint density at radius 1 is 1.24 bits per heavy atom. The number of amides is 1. The lowest BCUT2D eigenvalue weighted by Gasteiger charge is -2.31. The molecule has 2 atom stereocenters. The van der Waals surface area contributed by atoms with Crippen molar-refractivity contribution in [3.63, 3.8) is 0 Å². The summed E-state index contributed by atoms with van der Waals surface area (Å²) in [5.74, 6) is 2.06. The minimum absolute atomic E-state index is 0.0406. The Morgan fingerprint density at radius 3 is 2.76 bits per heavy atom. The molecule has 4 rings (SSSR count). The van der Waals surface area contributed by atoms with E-state index in [4.69, 9.17) is 14.5 Å². The number of benzene rings is 1. The third-order valence-electron chi connectivity index (χ3n) is 5.80. The first-order chi connectivity index (χ1) is 14.1. The fourth-order valence-electron chi connectivity index (χ4n) is 4.13. The minimum atomic E-state index is -0.597. The molecule has 7 heteroatoms. The monoisotopic (exact) mass is 396 g/mol. The van der Waals surface area contributed by atoms with Crippen molar-refractivity contribution in [1.29, 1.82) is 0 Å². The maximum atomic E-state index is 12.9. The second-order valence-corrected chi connectivity index (χ2v) is 7.76. The van der Waals surface area contributed by atoms with Crippen LogP contribution < -0.4 is 9.47 Å². The third kappa shape index (κ3) is 4.05. The highest BCUT2D eigenvalue weighted by atomic mass is 16.5. The summed E-state index contributed by atoms with van der Waals surface area (Å²) in [5.41, 5.74) is 2.09. The molecule has 1 saturated heterocycles. The van der Waals surface area contributed by atoms with Gasteiger partial charge in [-0.3, -0.25) is 9.69 Å². The number of carbonyl (C=O) groups is 1. The standard InChI is InChI=1S/C22H28N4O3/c1-15(29-20-9-5-4-8-19(20)28-3)22(27)26-12-10-17-16(14-26)13-23-21(24-17)18-7-6-11-25(18)2/h4-5,8-9,13,15,18H,6-7,10-12,14H2,1-3H3/t15-,18+/m0/s1. The molecule has 2 aliphatic heterocycles. The van der Waals surface area contributed by atoms with E-state index in [9.17, 15) is 4.79 Å². The maximum Gasteiger partial charge on any atom is 0.263 e. The topological polar surface area (TPSA) is 67.8 Å². The van der Waals surface area contributed by atoms with Gasteiger partial charge >= 0.3 is 0 Å². The van der Waals surface area contributed by atoms with E-state index < -0.39 is 6.10 Å². The molecular formula is C22H28N4O3. The molecule has 2 aromatic rings. The summed E-state index contributed by atoms with van der Waals surface area (Å²) in [4.78, 5) is 26.5. The van der Waals surface area contributed by atoms with E-state index in [1.807, 2.05) is 35.4 Å². The third-order valence-corrected chi connectivity index (χ3v) is 5.80. The highest BCUT2D eigenvalue weighted by molar-refractivity contribution is 5.81. The highest BCUT2D eigenvalue weighted by Crippen LogP contribution is 2.30. The summed E-state index contributed by atoms with van der Waals surface area (Å²) in [6, 6.07) is 7.68. The Kier molecular flexibility index (Phi) is 5.67. The Labute approximate surface area is 171 Å². The summed E-state index contributed by atoms with van der Waals surface area (Å²) in [7, 11) is 3.72. The molecule has 0 unspecified atom stereocenters. The van der Waals surface area contributed by atoms with Crippen molar-refractivity contribution in [2.75, 3.05) is 27.2 Å². The van der Waals surface area contributed by atoms with Crippen molar-refractivity contribution in [3.05, 3.63) is 47.5 Å². The van der Waals surface area contributed by atoms with Gasteiger partial charge in [-0.1, -0.05) is 12.1 Å². The lowest BCUT2D eigenvalue weighted by molar-refractivity contribution is -0.139. The summed E-state index contributed by atoms with van der Waals surface area (Å²) >= 11 is 0. The number of nitrogens with zero attached hydrogens (tertiary/aromatic N) is 4. The zero-order valence-corrected chi connectivity index (χ0v) is 17.3. The Hall–Kier alpha value is -2.67. The van der Waals surface area contributed by atoms with E-state index in [0.29, 0.717) is 30.6 Å². The van der Waals surface area contributed by atoms with Gasteiger partial charge in [-0.15, -0.1) is 0 Å². The van der Waals surface area contributed by atoms with Crippen LogP contribution in [0.4, 0.5) is 0 Å². The van der Waals surface area contributed by atoms with Crippen LogP contribution in [-0.2, 0) is 17.8 Å².